The Morgan fingerprint density at radius 1 is 1.11 bits per heavy atom. The molecule has 0 aliphatic rings. The number of carbonyl (C=O) groups is 2. The average Bonchev–Trinajstić information content (AvgIpc) is 2.84. The number of nitrogens with one attached hydrogen (secondary N) is 1. The molecule has 1 aromatic heterocycles. The van der Waals surface area contributed by atoms with Crippen molar-refractivity contribution in [2.45, 2.75) is 46.2 Å². The number of methoxy groups -OCH3 is 1. The van der Waals surface area contributed by atoms with Gasteiger partial charge in [0.2, 0.25) is 5.88 Å². The highest BCUT2D eigenvalue weighted by atomic mass is 19.4. The Morgan fingerprint density at radius 3 is 2.35 bits per heavy atom. The van der Waals surface area contributed by atoms with Gasteiger partial charge < -0.3 is 24.6 Å². The third kappa shape index (κ3) is 6.81. The Balaban J connectivity index is 1.97. The molecule has 0 aliphatic heterocycles. The maximum absolute atomic E-state index is 13.3. The maximum atomic E-state index is 13.3. The van der Waals surface area contributed by atoms with Crippen molar-refractivity contribution in [2.75, 3.05) is 7.11 Å². The first kappa shape index (κ1) is 27.6. The van der Waals surface area contributed by atoms with Crippen LogP contribution in [0.5, 0.6) is 17.4 Å². The van der Waals surface area contributed by atoms with Gasteiger partial charge in [-0.15, -0.1) is 13.2 Å². The van der Waals surface area contributed by atoms with Gasteiger partial charge in [-0.1, -0.05) is 39.0 Å². The summed E-state index contributed by atoms with van der Waals surface area (Å²) in [5.41, 5.74) is -0.141. The van der Waals surface area contributed by atoms with E-state index in [4.69, 9.17) is 9.47 Å². The van der Waals surface area contributed by atoms with Gasteiger partial charge in [0, 0.05) is 23.0 Å². The van der Waals surface area contributed by atoms with Crippen LogP contribution in [0, 0.1) is 5.41 Å². The van der Waals surface area contributed by atoms with Crippen molar-refractivity contribution in [3.05, 3.63) is 59.8 Å². The zero-order valence-corrected chi connectivity index (χ0v) is 20.7. The lowest BCUT2D eigenvalue weighted by atomic mass is 9.81. The first-order valence-corrected chi connectivity index (χ1v) is 11.3. The molecule has 0 radical (unpaired) electrons. The minimum atomic E-state index is -4.81. The highest BCUT2D eigenvalue weighted by Gasteiger charge is 2.36. The summed E-state index contributed by atoms with van der Waals surface area (Å²) < 4.78 is 52.4. The molecule has 37 heavy (non-hydrogen) atoms. The Hall–Kier alpha value is -4.02. The molecule has 0 aliphatic carbocycles. The van der Waals surface area contributed by atoms with Crippen LogP contribution in [0.3, 0.4) is 0 Å². The predicted molar refractivity (Wildman–Crippen MR) is 129 cm³/mol. The van der Waals surface area contributed by atoms with Crippen molar-refractivity contribution < 1.29 is 42.1 Å². The Bertz CT molecular complexity index is 1280. The van der Waals surface area contributed by atoms with Crippen LogP contribution in [0.2, 0.25) is 0 Å². The number of rotatable bonds is 10. The van der Waals surface area contributed by atoms with E-state index in [1.807, 2.05) is 6.92 Å². The number of amides is 1. The van der Waals surface area contributed by atoms with Gasteiger partial charge in [-0.2, -0.15) is 0 Å². The van der Waals surface area contributed by atoms with Crippen molar-refractivity contribution in [3.8, 4) is 17.4 Å². The number of fused-ring (bicyclic) bond motifs is 1. The van der Waals surface area contributed by atoms with E-state index < -0.39 is 29.7 Å². The van der Waals surface area contributed by atoms with Crippen LogP contribution >= 0.6 is 0 Å². The van der Waals surface area contributed by atoms with Crippen LogP contribution in [-0.4, -0.2) is 41.5 Å². The van der Waals surface area contributed by atoms with Gasteiger partial charge in [-0.05, 0) is 35.6 Å². The molecule has 1 atom stereocenters. The summed E-state index contributed by atoms with van der Waals surface area (Å²) >= 11 is 0. The monoisotopic (exact) mass is 520 g/mol. The molecule has 1 amide bonds. The van der Waals surface area contributed by atoms with Crippen LogP contribution in [0.15, 0.2) is 48.7 Å². The molecule has 0 spiro atoms. The third-order valence-corrected chi connectivity index (χ3v) is 6.04. The number of halogens is 3. The van der Waals surface area contributed by atoms with Crippen LogP contribution in [-0.2, 0) is 11.4 Å². The van der Waals surface area contributed by atoms with Crippen molar-refractivity contribution >= 4 is 22.6 Å². The molecule has 198 valence electrons. The molecule has 0 unspecified atom stereocenters. The normalized spacial score (nSPS) is 12.6. The highest BCUT2D eigenvalue weighted by Crippen LogP contribution is 2.34. The average molecular weight is 521 g/mol. The summed E-state index contributed by atoms with van der Waals surface area (Å²) in [7, 11) is 1.43. The van der Waals surface area contributed by atoms with E-state index >= 15 is 0 Å². The standard InChI is InChI=1S/C26H27F3N2O6/c1-5-25(2,3)22(24(33)34)31-23(32)18-11-8-16-13-30-20(35-4)12-19(16)21(18)36-14-15-6-9-17(10-7-15)37-26(27,28)29/h6-13,22H,5,14H2,1-4H3,(H,31,32)(H,33,34)/t22-/m1/s1. The van der Waals surface area contributed by atoms with Crippen molar-refractivity contribution in [1.29, 1.82) is 0 Å². The SMILES string of the molecule is CCC(C)(C)[C@H](NC(=O)c1ccc2cnc(OC)cc2c1OCc1ccc(OC(F)(F)F)cc1)C(=O)O. The zero-order chi connectivity index (χ0) is 27.4. The van der Waals surface area contributed by atoms with E-state index in [0.29, 0.717) is 22.8 Å². The number of aliphatic carboxylic acids is 1. The molecule has 11 heteroatoms. The molecule has 2 aromatic carbocycles. The molecule has 3 rings (SSSR count). The summed E-state index contributed by atoms with van der Waals surface area (Å²) in [5, 5.41) is 13.4. The minimum absolute atomic E-state index is 0.0796. The second-order valence-corrected chi connectivity index (χ2v) is 8.96. The van der Waals surface area contributed by atoms with Gasteiger partial charge >= 0.3 is 12.3 Å². The van der Waals surface area contributed by atoms with Crippen LogP contribution < -0.4 is 19.5 Å². The van der Waals surface area contributed by atoms with Crippen LogP contribution in [0.4, 0.5) is 13.2 Å². The second-order valence-electron chi connectivity index (χ2n) is 8.96. The lowest BCUT2D eigenvalue weighted by Crippen LogP contribution is -2.50. The van der Waals surface area contributed by atoms with Crippen molar-refractivity contribution in [1.82, 2.24) is 10.3 Å². The van der Waals surface area contributed by atoms with Gasteiger partial charge in [-0.3, -0.25) is 4.79 Å². The molecular weight excluding hydrogens is 493 g/mol. The summed E-state index contributed by atoms with van der Waals surface area (Å²) in [6.45, 7) is 5.22. The topological polar surface area (TPSA) is 107 Å². The predicted octanol–water partition coefficient (Wildman–Crippen LogP) is 5.34. The fourth-order valence-corrected chi connectivity index (χ4v) is 3.56. The van der Waals surface area contributed by atoms with E-state index in [1.54, 1.807) is 26.0 Å². The van der Waals surface area contributed by atoms with E-state index in [-0.39, 0.29) is 29.5 Å². The maximum Gasteiger partial charge on any atom is 0.573 e. The number of carboxylic acid groups (broad SMARTS) is 1. The number of carboxylic acids is 1. The quantitative estimate of drug-likeness (QED) is 0.372. The van der Waals surface area contributed by atoms with E-state index in [1.165, 1.54) is 31.5 Å². The number of nitrogens with zero attached hydrogens (tertiary/aromatic N) is 1. The summed E-state index contributed by atoms with van der Waals surface area (Å²) in [6.07, 6.45) is -2.77. The fraction of sp³-hybridized carbons (Fsp3) is 0.346. The van der Waals surface area contributed by atoms with Gasteiger partial charge in [0.15, 0.2) is 0 Å². The molecular formula is C26H27F3N2O6. The number of hydrogen-bond acceptors (Lipinski definition) is 6. The number of hydrogen-bond donors (Lipinski definition) is 2. The smallest absolute Gasteiger partial charge is 0.487 e. The van der Waals surface area contributed by atoms with E-state index in [2.05, 4.69) is 15.0 Å². The first-order valence-electron chi connectivity index (χ1n) is 11.3. The number of aromatic nitrogens is 1. The van der Waals surface area contributed by atoms with Crippen LogP contribution in [0.1, 0.15) is 43.1 Å². The minimum Gasteiger partial charge on any atom is -0.487 e. The van der Waals surface area contributed by atoms with Gasteiger partial charge in [-0.25, -0.2) is 9.78 Å². The first-order chi connectivity index (χ1) is 17.3. The third-order valence-electron chi connectivity index (χ3n) is 6.04. The lowest BCUT2D eigenvalue weighted by molar-refractivity contribution is -0.274. The molecule has 3 aromatic rings. The number of carbonyl (C=O) groups excluding carboxylic acids is 1. The summed E-state index contributed by atoms with van der Waals surface area (Å²) in [4.78, 5) is 29.4. The summed E-state index contributed by atoms with van der Waals surface area (Å²) in [6, 6.07) is 8.66. The van der Waals surface area contributed by atoms with Crippen molar-refractivity contribution in [3.63, 3.8) is 0 Å². The van der Waals surface area contributed by atoms with E-state index in [0.717, 1.165) is 12.1 Å². The second kappa shape index (κ2) is 10.9. The number of benzene rings is 2. The largest absolute Gasteiger partial charge is 0.573 e. The molecule has 8 nitrogen and oxygen atoms in total. The summed E-state index contributed by atoms with van der Waals surface area (Å²) in [5.74, 6) is -1.80. The Kier molecular flexibility index (Phi) is 8.15. The fourth-order valence-electron chi connectivity index (χ4n) is 3.56. The van der Waals surface area contributed by atoms with E-state index in [9.17, 15) is 27.9 Å². The molecule has 0 saturated heterocycles. The molecule has 2 N–H and O–H groups in total. The molecule has 1 heterocycles. The highest BCUT2D eigenvalue weighted by molar-refractivity contribution is 6.05. The molecule has 0 saturated carbocycles. The van der Waals surface area contributed by atoms with Crippen molar-refractivity contribution in [2.24, 2.45) is 5.41 Å². The molecule has 0 bridgehead atoms. The van der Waals surface area contributed by atoms with Gasteiger partial charge in [0.05, 0.1) is 12.7 Å². The van der Waals surface area contributed by atoms with Gasteiger partial charge in [0.25, 0.3) is 5.91 Å². The van der Waals surface area contributed by atoms with Crippen LogP contribution in [0.25, 0.3) is 10.8 Å². The number of alkyl halides is 3. The van der Waals surface area contributed by atoms with Gasteiger partial charge in [0.1, 0.15) is 24.1 Å². The zero-order valence-electron chi connectivity index (χ0n) is 20.7. The number of pyridine rings is 1. The Morgan fingerprint density at radius 2 is 1.78 bits per heavy atom. The molecule has 0 fully saturated rings. The Labute approximate surface area is 211 Å². The lowest BCUT2D eigenvalue weighted by Gasteiger charge is -2.31. The number of ether oxygens (including phenoxy) is 3.